The van der Waals surface area contributed by atoms with Crippen molar-refractivity contribution in [1.29, 1.82) is 0 Å². The molecule has 1 N–H and O–H groups in total. The van der Waals surface area contributed by atoms with E-state index < -0.39 is 5.60 Å². The van der Waals surface area contributed by atoms with Gasteiger partial charge in [0, 0.05) is 0 Å². The van der Waals surface area contributed by atoms with Crippen LogP contribution < -0.4 is 0 Å². The molecule has 82 valence electrons. The van der Waals surface area contributed by atoms with Gasteiger partial charge in [-0.1, -0.05) is 0 Å². The van der Waals surface area contributed by atoms with Crippen molar-refractivity contribution in [3.63, 3.8) is 0 Å². The van der Waals surface area contributed by atoms with Gasteiger partial charge in [-0.25, -0.2) is 14.7 Å². The minimum atomic E-state index is -0.604. The van der Waals surface area contributed by atoms with E-state index in [2.05, 4.69) is 4.89 Å². The summed E-state index contributed by atoms with van der Waals surface area (Å²) in [6.45, 7) is 5.93. The van der Waals surface area contributed by atoms with E-state index in [0.29, 0.717) is 5.92 Å². The molecule has 1 saturated carbocycles. The van der Waals surface area contributed by atoms with Gasteiger partial charge in [-0.3, -0.25) is 5.26 Å². The Labute approximate surface area is 84.0 Å². The molecule has 1 saturated heterocycles. The normalized spacial score (nSPS) is 46.3. The lowest BCUT2D eigenvalue weighted by molar-refractivity contribution is -0.469. The highest BCUT2D eigenvalue weighted by atomic mass is 17.2. The van der Waals surface area contributed by atoms with Crippen molar-refractivity contribution in [2.24, 2.45) is 5.92 Å². The summed E-state index contributed by atoms with van der Waals surface area (Å²) in [4.78, 5) is 15.2. The third kappa shape index (κ3) is 1.46. The summed E-state index contributed by atoms with van der Waals surface area (Å²) in [6.07, 6.45) is 2.55. The first kappa shape index (κ1) is 10.4. The Balaban J connectivity index is 2.13. The second-order valence-corrected chi connectivity index (χ2v) is 5.15. The number of hydrogen-bond donors (Lipinski definition) is 1. The van der Waals surface area contributed by atoms with Crippen LogP contribution in [0.25, 0.3) is 0 Å². The Morgan fingerprint density at radius 1 is 1.36 bits per heavy atom. The predicted octanol–water partition coefficient (Wildman–Crippen LogP) is 2.14. The molecule has 0 aromatic rings. The third-order valence-corrected chi connectivity index (χ3v) is 3.74. The van der Waals surface area contributed by atoms with E-state index in [4.69, 9.17) is 15.0 Å². The van der Waals surface area contributed by atoms with Gasteiger partial charge in [-0.05, 0) is 46.0 Å². The highest BCUT2D eigenvalue weighted by molar-refractivity contribution is 4.97. The van der Waals surface area contributed by atoms with Gasteiger partial charge in [0.2, 0.25) is 0 Å². The molecule has 1 aliphatic carbocycles. The average Bonchev–Trinajstić information content (AvgIpc) is 2.15. The Bertz CT molecular complexity index is 228. The Kier molecular flexibility index (Phi) is 2.34. The number of fused-ring (bicyclic) bond motifs is 2. The summed E-state index contributed by atoms with van der Waals surface area (Å²) in [7, 11) is 0. The molecule has 4 nitrogen and oxygen atoms in total. The quantitative estimate of drug-likeness (QED) is 0.522. The van der Waals surface area contributed by atoms with Crippen molar-refractivity contribution >= 4 is 0 Å². The van der Waals surface area contributed by atoms with Gasteiger partial charge in [-0.2, -0.15) is 0 Å². The van der Waals surface area contributed by atoms with Crippen molar-refractivity contribution in [2.75, 3.05) is 0 Å². The topological polar surface area (TPSA) is 47.9 Å². The molecule has 1 heterocycles. The molecule has 2 bridgehead atoms. The molecule has 0 aromatic carbocycles. The van der Waals surface area contributed by atoms with E-state index in [0.717, 1.165) is 19.3 Å². The lowest BCUT2D eigenvalue weighted by atomic mass is 9.71. The zero-order valence-electron chi connectivity index (χ0n) is 8.95. The third-order valence-electron chi connectivity index (χ3n) is 3.74. The Hall–Kier alpha value is -0.160. The fourth-order valence-corrected chi connectivity index (χ4v) is 2.37. The summed E-state index contributed by atoms with van der Waals surface area (Å²) < 4.78 is 0. The van der Waals surface area contributed by atoms with E-state index in [9.17, 15) is 0 Å². The van der Waals surface area contributed by atoms with Gasteiger partial charge in [0.1, 0.15) is 17.3 Å². The van der Waals surface area contributed by atoms with Gasteiger partial charge in [0.15, 0.2) is 0 Å². The second-order valence-electron chi connectivity index (χ2n) is 5.15. The van der Waals surface area contributed by atoms with Gasteiger partial charge in [0.25, 0.3) is 0 Å². The van der Waals surface area contributed by atoms with Crippen molar-refractivity contribution in [3.05, 3.63) is 0 Å². The van der Waals surface area contributed by atoms with Crippen LogP contribution in [0.4, 0.5) is 0 Å². The zero-order chi connectivity index (χ0) is 10.4. The molecule has 3 atom stereocenters. The van der Waals surface area contributed by atoms with Crippen LogP contribution in [0.1, 0.15) is 40.0 Å². The van der Waals surface area contributed by atoms with Crippen molar-refractivity contribution in [2.45, 2.75) is 57.3 Å². The second kappa shape index (κ2) is 3.17. The van der Waals surface area contributed by atoms with Crippen LogP contribution in [0.2, 0.25) is 0 Å². The zero-order valence-corrected chi connectivity index (χ0v) is 8.95. The Morgan fingerprint density at radius 3 is 2.71 bits per heavy atom. The lowest BCUT2D eigenvalue weighted by Gasteiger charge is -2.49. The van der Waals surface area contributed by atoms with Crippen LogP contribution in [0.3, 0.4) is 0 Å². The first-order valence-corrected chi connectivity index (χ1v) is 5.15. The summed E-state index contributed by atoms with van der Waals surface area (Å²) in [6, 6.07) is 0. The molecule has 1 aliphatic heterocycles. The van der Waals surface area contributed by atoms with Gasteiger partial charge < -0.3 is 0 Å². The van der Waals surface area contributed by atoms with Crippen LogP contribution in [0.5, 0.6) is 0 Å². The monoisotopic (exact) mass is 202 g/mol. The van der Waals surface area contributed by atoms with E-state index in [1.165, 1.54) is 0 Å². The van der Waals surface area contributed by atoms with E-state index in [1.54, 1.807) is 0 Å². The van der Waals surface area contributed by atoms with Crippen molar-refractivity contribution < 1.29 is 19.9 Å². The molecule has 2 rings (SSSR count). The standard InChI is InChI=1S/C10H18O4/c1-9(2)7-4-5-10(3,13-11)8(6-7)12-14-9/h7-8,11H,4-6H2,1-3H3/t7-,8-,10+/m1/s1. The predicted molar refractivity (Wildman–Crippen MR) is 49.5 cm³/mol. The van der Waals surface area contributed by atoms with Crippen molar-refractivity contribution in [1.82, 2.24) is 0 Å². The molecule has 0 spiro atoms. The molecular weight excluding hydrogens is 184 g/mol. The fourth-order valence-electron chi connectivity index (χ4n) is 2.37. The maximum Gasteiger partial charge on any atom is 0.130 e. The minimum Gasteiger partial charge on any atom is -0.251 e. The molecule has 2 aliphatic rings. The Morgan fingerprint density at radius 2 is 2.07 bits per heavy atom. The van der Waals surface area contributed by atoms with Crippen molar-refractivity contribution in [3.8, 4) is 0 Å². The average molecular weight is 202 g/mol. The largest absolute Gasteiger partial charge is 0.251 e. The van der Waals surface area contributed by atoms with Crippen LogP contribution >= 0.6 is 0 Å². The van der Waals surface area contributed by atoms with Crippen LogP contribution in [0, 0.1) is 5.92 Å². The molecule has 0 amide bonds. The minimum absolute atomic E-state index is 0.153. The fraction of sp³-hybridized carbons (Fsp3) is 1.00. The molecule has 0 radical (unpaired) electrons. The molecule has 2 fully saturated rings. The highest BCUT2D eigenvalue weighted by Gasteiger charge is 2.51. The van der Waals surface area contributed by atoms with Gasteiger partial charge in [0.05, 0.1) is 0 Å². The SMILES string of the molecule is CC1(C)OO[C@@H]2C[C@H]1CC[C@]2(C)OO. The summed E-state index contributed by atoms with van der Waals surface area (Å²) >= 11 is 0. The first-order chi connectivity index (χ1) is 6.48. The molecule has 4 heteroatoms. The number of rotatable bonds is 1. The first-order valence-electron chi connectivity index (χ1n) is 5.15. The summed E-state index contributed by atoms with van der Waals surface area (Å²) in [5.74, 6) is 0.490. The molecule has 0 unspecified atom stereocenters. The summed E-state index contributed by atoms with van der Waals surface area (Å²) in [5.41, 5.74) is -0.819. The van der Waals surface area contributed by atoms with E-state index in [1.807, 2.05) is 20.8 Å². The molecule has 0 aromatic heterocycles. The summed E-state index contributed by atoms with van der Waals surface area (Å²) in [5, 5.41) is 8.86. The molecular formula is C10H18O4. The number of hydrogen-bond acceptors (Lipinski definition) is 4. The van der Waals surface area contributed by atoms with Gasteiger partial charge in [-0.15, -0.1) is 0 Å². The smallest absolute Gasteiger partial charge is 0.130 e. The lowest BCUT2D eigenvalue weighted by Crippen LogP contribution is -2.56. The highest BCUT2D eigenvalue weighted by Crippen LogP contribution is 2.45. The van der Waals surface area contributed by atoms with Crippen LogP contribution in [-0.4, -0.2) is 22.6 Å². The van der Waals surface area contributed by atoms with E-state index in [-0.39, 0.29) is 11.7 Å². The van der Waals surface area contributed by atoms with Crippen LogP contribution in [0.15, 0.2) is 0 Å². The van der Waals surface area contributed by atoms with Crippen LogP contribution in [-0.2, 0) is 14.7 Å². The maximum atomic E-state index is 8.86. The molecule has 14 heavy (non-hydrogen) atoms. The van der Waals surface area contributed by atoms with E-state index >= 15 is 0 Å². The van der Waals surface area contributed by atoms with Gasteiger partial charge >= 0.3 is 0 Å². The maximum absolute atomic E-state index is 8.86.